The average Bonchev–Trinajstić information content (AvgIpc) is 3.35. The molecule has 6 nitrogen and oxygen atoms in total. The molecule has 1 heterocycles. The number of aryl methyl sites for hydroxylation is 1. The van der Waals surface area contributed by atoms with Crippen molar-refractivity contribution in [3.63, 3.8) is 0 Å². The maximum absolute atomic E-state index is 13.4. The first-order chi connectivity index (χ1) is 18.1. The fourth-order valence-electron chi connectivity index (χ4n) is 5.08. The normalized spacial score (nSPS) is 14.6. The van der Waals surface area contributed by atoms with Crippen LogP contribution >= 0.6 is 0 Å². The summed E-state index contributed by atoms with van der Waals surface area (Å²) in [5.74, 6) is -0.248. The van der Waals surface area contributed by atoms with E-state index in [1.165, 1.54) is 37.7 Å². The van der Waals surface area contributed by atoms with Crippen molar-refractivity contribution in [3.05, 3.63) is 119 Å². The monoisotopic (exact) mass is 489 g/mol. The zero-order valence-corrected chi connectivity index (χ0v) is 21.0. The van der Waals surface area contributed by atoms with Gasteiger partial charge in [-0.1, -0.05) is 73.9 Å². The molecule has 1 amide bonds. The minimum absolute atomic E-state index is 0.0466. The lowest BCUT2D eigenvalue weighted by Gasteiger charge is -2.29. The third kappa shape index (κ3) is 5.79. The van der Waals surface area contributed by atoms with Gasteiger partial charge < -0.3 is 10.6 Å². The predicted molar refractivity (Wildman–Crippen MR) is 147 cm³/mol. The van der Waals surface area contributed by atoms with Crippen LogP contribution in [0.25, 0.3) is 10.5 Å². The van der Waals surface area contributed by atoms with Gasteiger partial charge in [-0.05, 0) is 61.2 Å². The number of benzene rings is 3. The molecule has 0 saturated heterocycles. The minimum Gasteiger partial charge on any atom is -0.321 e. The topological polar surface area (TPSA) is 63.3 Å². The van der Waals surface area contributed by atoms with Gasteiger partial charge >= 0.3 is 0 Å². The number of aromatic nitrogens is 2. The summed E-state index contributed by atoms with van der Waals surface area (Å²) in [6, 6.07) is 28.0. The first kappa shape index (κ1) is 24.5. The molecule has 0 radical (unpaired) electrons. The maximum Gasteiger partial charge on any atom is 0.274 e. The van der Waals surface area contributed by atoms with Crippen molar-refractivity contribution in [2.75, 3.05) is 5.32 Å². The summed E-state index contributed by atoms with van der Waals surface area (Å²) in [5.41, 5.74) is 5.39. The highest BCUT2D eigenvalue weighted by molar-refractivity contribution is 6.03. The van der Waals surface area contributed by atoms with Gasteiger partial charge in [-0.15, -0.1) is 0 Å². The van der Waals surface area contributed by atoms with Crippen LogP contribution in [0.4, 0.5) is 11.4 Å². The van der Waals surface area contributed by atoms with Gasteiger partial charge in [-0.2, -0.15) is 5.10 Å². The number of carbonyl (C=O) groups is 1. The van der Waals surface area contributed by atoms with Crippen molar-refractivity contribution < 1.29 is 4.79 Å². The van der Waals surface area contributed by atoms with Crippen LogP contribution in [0, 0.1) is 13.5 Å². The third-order valence-corrected chi connectivity index (χ3v) is 6.89. The molecule has 1 atom stereocenters. The van der Waals surface area contributed by atoms with Crippen LogP contribution in [0.5, 0.6) is 0 Å². The summed E-state index contributed by atoms with van der Waals surface area (Å²) in [5, 5.41) is 11.5. The van der Waals surface area contributed by atoms with Crippen molar-refractivity contribution in [1.82, 2.24) is 15.1 Å². The van der Waals surface area contributed by atoms with Gasteiger partial charge in [0.1, 0.15) is 5.69 Å². The fourth-order valence-corrected chi connectivity index (χ4v) is 5.08. The van der Waals surface area contributed by atoms with Crippen LogP contribution in [0.3, 0.4) is 0 Å². The van der Waals surface area contributed by atoms with E-state index in [-0.39, 0.29) is 11.9 Å². The number of nitrogens with zero attached hydrogens (tertiary/aromatic N) is 3. The van der Waals surface area contributed by atoms with E-state index < -0.39 is 0 Å². The van der Waals surface area contributed by atoms with Crippen LogP contribution in [-0.2, 0) is 0 Å². The van der Waals surface area contributed by atoms with Crippen molar-refractivity contribution in [2.24, 2.45) is 0 Å². The minimum atomic E-state index is -0.248. The van der Waals surface area contributed by atoms with E-state index in [4.69, 9.17) is 6.57 Å². The van der Waals surface area contributed by atoms with E-state index in [1.54, 1.807) is 28.9 Å². The van der Waals surface area contributed by atoms with E-state index in [0.29, 0.717) is 23.1 Å². The standard InChI is InChI=1S/C31H31N5O/c1-22-19-29(36(35-22)28-18-10-16-26(21-28)32-2)31(37)34-27-17-9-13-24(20-27)30(23-11-5-3-6-12-23)33-25-14-7-4-8-15-25/h3,5-6,9-13,16-21,25,30,33H,4,7-8,14-15H2,1H3,(H,34,37). The van der Waals surface area contributed by atoms with E-state index in [0.717, 1.165) is 16.9 Å². The molecule has 0 aliphatic heterocycles. The molecule has 2 N–H and O–H groups in total. The van der Waals surface area contributed by atoms with Crippen LogP contribution in [-0.4, -0.2) is 21.7 Å². The highest BCUT2D eigenvalue weighted by Gasteiger charge is 2.22. The first-order valence-electron chi connectivity index (χ1n) is 12.9. The molecule has 5 rings (SSSR count). The second-order valence-electron chi connectivity index (χ2n) is 9.64. The Hall–Kier alpha value is -4.21. The molecule has 0 bridgehead atoms. The van der Waals surface area contributed by atoms with Gasteiger partial charge in [0.05, 0.1) is 24.0 Å². The molecule has 37 heavy (non-hydrogen) atoms. The molecule has 4 aromatic rings. The van der Waals surface area contributed by atoms with Crippen molar-refractivity contribution in [3.8, 4) is 5.69 Å². The van der Waals surface area contributed by atoms with Crippen LogP contribution in [0.1, 0.15) is 65.5 Å². The van der Waals surface area contributed by atoms with Crippen LogP contribution in [0.2, 0.25) is 0 Å². The smallest absolute Gasteiger partial charge is 0.274 e. The summed E-state index contributed by atoms with van der Waals surface area (Å²) in [7, 11) is 0. The van der Waals surface area contributed by atoms with Crippen molar-refractivity contribution in [1.29, 1.82) is 0 Å². The Bertz CT molecular complexity index is 1410. The highest BCUT2D eigenvalue weighted by atomic mass is 16.2. The van der Waals surface area contributed by atoms with Crippen molar-refractivity contribution in [2.45, 2.75) is 51.1 Å². The Labute approximate surface area is 218 Å². The van der Waals surface area contributed by atoms with Gasteiger partial charge in [0, 0.05) is 11.7 Å². The van der Waals surface area contributed by atoms with Crippen LogP contribution in [0.15, 0.2) is 84.9 Å². The lowest BCUT2D eigenvalue weighted by Crippen LogP contribution is -2.35. The van der Waals surface area contributed by atoms with E-state index in [1.807, 2.05) is 31.2 Å². The second-order valence-corrected chi connectivity index (χ2v) is 9.64. The number of hydrogen-bond donors (Lipinski definition) is 2. The summed E-state index contributed by atoms with van der Waals surface area (Å²) >= 11 is 0. The molecule has 1 saturated carbocycles. The summed E-state index contributed by atoms with van der Waals surface area (Å²) in [4.78, 5) is 16.9. The number of rotatable bonds is 7. The molecule has 0 spiro atoms. The summed E-state index contributed by atoms with van der Waals surface area (Å²) in [6.45, 7) is 9.16. The molecular weight excluding hydrogens is 458 g/mol. The number of nitrogens with one attached hydrogen (secondary N) is 2. The highest BCUT2D eigenvalue weighted by Crippen LogP contribution is 2.28. The largest absolute Gasteiger partial charge is 0.321 e. The third-order valence-electron chi connectivity index (χ3n) is 6.89. The molecular formula is C31H31N5O. The number of amides is 1. The zero-order valence-electron chi connectivity index (χ0n) is 21.0. The SMILES string of the molecule is [C-]#[N+]c1cccc(-n2nc(C)cc2C(=O)Nc2cccc(C(NC3CCCCC3)c3ccccc3)c2)c1. The van der Waals surface area contributed by atoms with Gasteiger partial charge in [0.25, 0.3) is 5.91 Å². The predicted octanol–water partition coefficient (Wildman–Crippen LogP) is 7.00. The second kappa shape index (κ2) is 11.2. The molecule has 1 aromatic heterocycles. The molecule has 1 aliphatic carbocycles. The Morgan fingerprint density at radius 3 is 2.49 bits per heavy atom. The Balaban J connectivity index is 1.41. The van der Waals surface area contributed by atoms with Crippen LogP contribution < -0.4 is 10.6 Å². The molecule has 1 aliphatic rings. The van der Waals surface area contributed by atoms with Gasteiger partial charge in [-0.25, -0.2) is 9.53 Å². The van der Waals surface area contributed by atoms with E-state index in [2.05, 4.69) is 57.0 Å². The van der Waals surface area contributed by atoms with Gasteiger partial charge in [0.15, 0.2) is 5.69 Å². The lowest BCUT2D eigenvalue weighted by atomic mass is 9.92. The molecule has 6 heteroatoms. The average molecular weight is 490 g/mol. The van der Waals surface area contributed by atoms with E-state index in [9.17, 15) is 4.79 Å². The number of carbonyl (C=O) groups excluding carboxylic acids is 1. The van der Waals surface area contributed by atoms with Crippen molar-refractivity contribution >= 4 is 17.3 Å². The summed E-state index contributed by atoms with van der Waals surface area (Å²) in [6.07, 6.45) is 6.23. The fraction of sp³-hybridized carbons (Fsp3) is 0.258. The Morgan fingerprint density at radius 1 is 0.946 bits per heavy atom. The lowest BCUT2D eigenvalue weighted by molar-refractivity contribution is 0.101. The van der Waals surface area contributed by atoms with Gasteiger partial charge in [0.2, 0.25) is 0 Å². The Kier molecular flexibility index (Phi) is 7.43. The first-order valence-corrected chi connectivity index (χ1v) is 12.9. The van der Waals surface area contributed by atoms with Gasteiger partial charge in [-0.3, -0.25) is 4.79 Å². The summed E-state index contributed by atoms with van der Waals surface area (Å²) < 4.78 is 1.60. The molecule has 186 valence electrons. The molecule has 3 aromatic carbocycles. The Morgan fingerprint density at radius 2 is 1.70 bits per heavy atom. The quantitative estimate of drug-likeness (QED) is 0.275. The molecule has 1 fully saturated rings. The number of hydrogen-bond acceptors (Lipinski definition) is 3. The number of anilines is 1. The van der Waals surface area contributed by atoms with E-state index >= 15 is 0 Å². The zero-order chi connectivity index (χ0) is 25.6. The molecule has 1 unspecified atom stereocenters. The maximum atomic E-state index is 13.4.